The minimum atomic E-state index is 0.543. The molecule has 0 atom stereocenters. The molecule has 1 nitrogen and oxygen atoms in total. The van der Waals surface area contributed by atoms with E-state index >= 15 is 0 Å². The highest BCUT2D eigenvalue weighted by molar-refractivity contribution is 9.10. The number of halogens is 3. The van der Waals surface area contributed by atoms with E-state index in [1.165, 1.54) is 0 Å². The summed E-state index contributed by atoms with van der Waals surface area (Å²) >= 11 is 15.5. The van der Waals surface area contributed by atoms with Crippen LogP contribution in [0.25, 0.3) is 0 Å². The summed E-state index contributed by atoms with van der Waals surface area (Å²) in [5.74, 6) is 0.543. The molecule has 0 fully saturated rings. The summed E-state index contributed by atoms with van der Waals surface area (Å²) in [5.41, 5.74) is 1.89. The fourth-order valence-electron chi connectivity index (χ4n) is 1.09. The van der Waals surface area contributed by atoms with Gasteiger partial charge < -0.3 is 4.74 Å². The topological polar surface area (TPSA) is 9.23 Å². The van der Waals surface area contributed by atoms with E-state index in [9.17, 15) is 0 Å². The Morgan fingerprint density at radius 3 is 1.77 bits per heavy atom. The van der Waals surface area contributed by atoms with Crippen LogP contribution in [0.5, 0.6) is 5.75 Å². The van der Waals surface area contributed by atoms with Gasteiger partial charge in [0.2, 0.25) is 0 Å². The van der Waals surface area contributed by atoms with E-state index < -0.39 is 0 Å². The molecule has 0 aliphatic rings. The zero-order valence-electron chi connectivity index (χ0n) is 7.54. The molecule has 1 rings (SSSR count). The molecule has 1 aromatic rings. The van der Waals surface area contributed by atoms with Crippen molar-refractivity contribution in [3.05, 3.63) is 25.6 Å². The third-order valence-electron chi connectivity index (χ3n) is 1.92. The standard InChI is InChI=1S/C9H9BrCl2O/c1-4-6(10)5(2)8(12)9(13-3)7(4)11/h1-3H3. The van der Waals surface area contributed by atoms with E-state index in [0.717, 1.165) is 15.6 Å². The maximum Gasteiger partial charge on any atom is 0.156 e. The Bertz CT molecular complexity index is 321. The van der Waals surface area contributed by atoms with Crippen molar-refractivity contribution in [1.82, 2.24) is 0 Å². The third kappa shape index (κ3) is 1.80. The second kappa shape index (κ2) is 4.07. The van der Waals surface area contributed by atoms with Crippen molar-refractivity contribution in [2.45, 2.75) is 13.8 Å². The molecule has 0 bridgehead atoms. The van der Waals surface area contributed by atoms with E-state index in [0.29, 0.717) is 15.8 Å². The van der Waals surface area contributed by atoms with E-state index in [4.69, 9.17) is 27.9 Å². The van der Waals surface area contributed by atoms with Crippen molar-refractivity contribution in [1.29, 1.82) is 0 Å². The van der Waals surface area contributed by atoms with Gasteiger partial charge in [-0.1, -0.05) is 39.1 Å². The summed E-state index contributed by atoms with van der Waals surface area (Å²) in [5, 5.41) is 1.12. The van der Waals surface area contributed by atoms with Crippen LogP contribution in [0.1, 0.15) is 11.1 Å². The Morgan fingerprint density at radius 2 is 1.46 bits per heavy atom. The molecule has 13 heavy (non-hydrogen) atoms. The molecule has 0 amide bonds. The summed E-state index contributed by atoms with van der Waals surface area (Å²) < 4.78 is 6.04. The minimum Gasteiger partial charge on any atom is -0.494 e. The molecule has 0 spiro atoms. The number of hydrogen-bond donors (Lipinski definition) is 0. The molecule has 4 heteroatoms. The summed E-state index contributed by atoms with van der Waals surface area (Å²) in [7, 11) is 1.56. The first-order chi connectivity index (χ1) is 6.00. The monoisotopic (exact) mass is 282 g/mol. The normalized spacial score (nSPS) is 10.3. The Kier molecular flexibility index (Phi) is 3.50. The van der Waals surface area contributed by atoms with Crippen LogP contribution in [-0.4, -0.2) is 7.11 Å². The highest BCUT2D eigenvalue weighted by Gasteiger charge is 2.16. The molecule has 72 valence electrons. The lowest BCUT2D eigenvalue weighted by Gasteiger charge is -2.13. The lowest BCUT2D eigenvalue weighted by atomic mass is 10.1. The maximum atomic E-state index is 6.04. The van der Waals surface area contributed by atoms with E-state index in [1.807, 2.05) is 13.8 Å². The molecule has 1 aromatic carbocycles. The van der Waals surface area contributed by atoms with Crippen LogP contribution in [0.15, 0.2) is 4.47 Å². The van der Waals surface area contributed by atoms with Gasteiger partial charge in [-0.2, -0.15) is 0 Å². The van der Waals surface area contributed by atoms with Gasteiger partial charge in [0.15, 0.2) is 5.75 Å². The Hall–Kier alpha value is 0.0800. The van der Waals surface area contributed by atoms with E-state index in [-0.39, 0.29) is 0 Å². The molecule has 0 saturated carbocycles. The zero-order valence-corrected chi connectivity index (χ0v) is 10.6. The van der Waals surface area contributed by atoms with Crippen LogP contribution < -0.4 is 4.74 Å². The molecule has 0 radical (unpaired) electrons. The Balaban J connectivity index is 3.56. The fraction of sp³-hybridized carbons (Fsp3) is 0.333. The fourth-order valence-corrected chi connectivity index (χ4v) is 2.30. The van der Waals surface area contributed by atoms with Gasteiger partial charge in [0.1, 0.15) is 0 Å². The van der Waals surface area contributed by atoms with Crippen molar-refractivity contribution < 1.29 is 4.74 Å². The second-order valence-electron chi connectivity index (χ2n) is 2.73. The molecule has 0 aliphatic carbocycles. The highest BCUT2D eigenvalue weighted by atomic mass is 79.9. The van der Waals surface area contributed by atoms with Gasteiger partial charge in [-0.15, -0.1) is 0 Å². The summed E-state index contributed by atoms with van der Waals surface area (Å²) in [6.45, 7) is 3.83. The molecule has 0 aromatic heterocycles. The molecule has 0 saturated heterocycles. The van der Waals surface area contributed by atoms with Gasteiger partial charge >= 0.3 is 0 Å². The van der Waals surface area contributed by atoms with Crippen LogP contribution in [0, 0.1) is 13.8 Å². The number of ether oxygens (including phenoxy) is 1. The van der Waals surface area contributed by atoms with E-state index in [1.54, 1.807) is 7.11 Å². The molecule has 0 heterocycles. The van der Waals surface area contributed by atoms with Crippen LogP contribution in [-0.2, 0) is 0 Å². The highest BCUT2D eigenvalue weighted by Crippen LogP contribution is 2.42. The smallest absolute Gasteiger partial charge is 0.156 e. The predicted molar refractivity (Wildman–Crippen MR) is 60.2 cm³/mol. The first kappa shape index (κ1) is 11.2. The molecule has 0 unspecified atom stereocenters. The van der Waals surface area contributed by atoms with Crippen molar-refractivity contribution in [3.8, 4) is 5.75 Å². The van der Waals surface area contributed by atoms with Gasteiger partial charge in [-0.05, 0) is 25.0 Å². The Labute approximate surface area is 96.1 Å². The summed E-state index contributed by atoms with van der Waals surface area (Å²) in [4.78, 5) is 0. The maximum absolute atomic E-state index is 6.04. The van der Waals surface area contributed by atoms with Gasteiger partial charge in [0, 0.05) is 4.47 Å². The van der Waals surface area contributed by atoms with Gasteiger partial charge in [-0.3, -0.25) is 0 Å². The first-order valence-corrected chi connectivity index (χ1v) is 5.23. The second-order valence-corrected chi connectivity index (χ2v) is 4.27. The van der Waals surface area contributed by atoms with Crippen LogP contribution in [0.4, 0.5) is 0 Å². The molecule has 0 aliphatic heterocycles. The van der Waals surface area contributed by atoms with Crippen LogP contribution in [0.3, 0.4) is 0 Å². The van der Waals surface area contributed by atoms with Gasteiger partial charge in [0.05, 0.1) is 17.2 Å². The van der Waals surface area contributed by atoms with Crippen LogP contribution >= 0.6 is 39.1 Å². The number of hydrogen-bond acceptors (Lipinski definition) is 1. The third-order valence-corrected chi connectivity index (χ3v) is 4.02. The minimum absolute atomic E-state index is 0.543. The molecular formula is C9H9BrCl2O. The largest absolute Gasteiger partial charge is 0.494 e. The number of rotatable bonds is 1. The van der Waals surface area contributed by atoms with Crippen molar-refractivity contribution in [2.24, 2.45) is 0 Å². The first-order valence-electron chi connectivity index (χ1n) is 3.68. The number of benzene rings is 1. The zero-order chi connectivity index (χ0) is 10.2. The summed E-state index contributed by atoms with van der Waals surface area (Å²) in [6.07, 6.45) is 0. The lowest BCUT2D eigenvalue weighted by Crippen LogP contribution is -1.92. The van der Waals surface area contributed by atoms with Gasteiger partial charge in [0.25, 0.3) is 0 Å². The lowest BCUT2D eigenvalue weighted by molar-refractivity contribution is 0.414. The van der Waals surface area contributed by atoms with Crippen molar-refractivity contribution in [2.75, 3.05) is 7.11 Å². The molecule has 0 N–H and O–H groups in total. The van der Waals surface area contributed by atoms with Crippen LogP contribution in [0.2, 0.25) is 10.0 Å². The van der Waals surface area contributed by atoms with Crippen molar-refractivity contribution >= 4 is 39.1 Å². The average molecular weight is 284 g/mol. The Morgan fingerprint density at radius 1 is 1.08 bits per heavy atom. The summed E-state index contributed by atoms with van der Waals surface area (Å²) in [6, 6.07) is 0. The number of methoxy groups -OCH3 is 1. The predicted octanol–water partition coefficient (Wildman–Crippen LogP) is 4.38. The van der Waals surface area contributed by atoms with Gasteiger partial charge in [-0.25, -0.2) is 0 Å². The molecular weight excluding hydrogens is 275 g/mol. The quantitative estimate of drug-likeness (QED) is 0.743. The van der Waals surface area contributed by atoms with E-state index in [2.05, 4.69) is 15.9 Å². The average Bonchev–Trinajstić information content (AvgIpc) is 2.13. The SMILES string of the molecule is COc1c(Cl)c(C)c(Br)c(C)c1Cl. The van der Waals surface area contributed by atoms with Crippen molar-refractivity contribution in [3.63, 3.8) is 0 Å².